The number of hydrogen-bond donors (Lipinski definition) is 1. The van der Waals surface area contributed by atoms with E-state index in [0.717, 1.165) is 6.54 Å². The highest BCUT2D eigenvalue weighted by Gasteiger charge is 2.18. The molecular formula is C17H29N. The van der Waals surface area contributed by atoms with Gasteiger partial charge in [-0.3, -0.25) is 0 Å². The van der Waals surface area contributed by atoms with Gasteiger partial charge in [0.05, 0.1) is 0 Å². The van der Waals surface area contributed by atoms with Gasteiger partial charge in [0.25, 0.3) is 0 Å². The first-order valence-electron chi connectivity index (χ1n) is 7.25. The highest BCUT2D eigenvalue weighted by molar-refractivity contribution is 5.50. The molecule has 0 spiro atoms. The zero-order valence-corrected chi connectivity index (χ0v) is 13.2. The monoisotopic (exact) mass is 247 g/mol. The minimum absolute atomic E-state index is 0.512. The van der Waals surface area contributed by atoms with Gasteiger partial charge in [-0.25, -0.2) is 0 Å². The van der Waals surface area contributed by atoms with E-state index in [-0.39, 0.29) is 0 Å². The van der Waals surface area contributed by atoms with E-state index in [1.54, 1.807) is 5.56 Å². The third-order valence-corrected chi connectivity index (χ3v) is 4.43. The summed E-state index contributed by atoms with van der Waals surface area (Å²) in [6.07, 6.45) is 2.44. The van der Waals surface area contributed by atoms with Gasteiger partial charge < -0.3 is 5.32 Å². The molecule has 0 saturated carbocycles. The van der Waals surface area contributed by atoms with Crippen LogP contribution in [-0.4, -0.2) is 6.54 Å². The van der Waals surface area contributed by atoms with Gasteiger partial charge in [0.1, 0.15) is 0 Å². The highest BCUT2D eigenvalue weighted by atomic mass is 14.9. The van der Waals surface area contributed by atoms with Crippen molar-refractivity contribution in [3.8, 4) is 0 Å². The molecular weight excluding hydrogens is 218 g/mol. The Bertz CT molecular complexity index is 383. The second kappa shape index (κ2) is 6.38. The van der Waals surface area contributed by atoms with Crippen LogP contribution in [0.5, 0.6) is 0 Å². The van der Waals surface area contributed by atoms with Crippen LogP contribution in [0.2, 0.25) is 0 Å². The summed E-state index contributed by atoms with van der Waals surface area (Å²) in [5, 5.41) is 3.66. The lowest BCUT2D eigenvalue weighted by Crippen LogP contribution is -2.23. The van der Waals surface area contributed by atoms with E-state index in [0.29, 0.717) is 6.04 Å². The molecule has 0 aliphatic carbocycles. The molecule has 0 aliphatic heterocycles. The summed E-state index contributed by atoms with van der Waals surface area (Å²) in [4.78, 5) is 0. The fourth-order valence-corrected chi connectivity index (χ4v) is 2.94. The lowest BCUT2D eigenvalue weighted by Gasteiger charge is -2.26. The molecule has 0 aromatic heterocycles. The number of hydrogen-bond acceptors (Lipinski definition) is 1. The van der Waals surface area contributed by atoms with E-state index in [2.05, 4.69) is 53.8 Å². The van der Waals surface area contributed by atoms with Gasteiger partial charge in [-0.05, 0) is 81.0 Å². The Hall–Kier alpha value is -0.820. The molecule has 1 nitrogen and oxygen atoms in total. The van der Waals surface area contributed by atoms with Crippen LogP contribution in [0, 0.1) is 34.6 Å². The van der Waals surface area contributed by atoms with Crippen LogP contribution in [0.4, 0.5) is 0 Å². The van der Waals surface area contributed by atoms with Crippen LogP contribution in [0.15, 0.2) is 0 Å². The van der Waals surface area contributed by atoms with E-state index in [1.807, 2.05) is 0 Å². The van der Waals surface area contributed by atoms with Crippen molar-refractivity contribution in [2.24, 2.45) is 0 Å². The zero-order valence-electron chi connectivity index (χ0n) is 13.2. The summed E-state index contributed by atoms with van der Waals surface area (Å²) in [7, 11) is 0. The predicted octanol–water partition coefficient (Wildman–Crippen LogP) is 4.68. The Kier molecular flexibility index (Phi) is 5.40. The van der Waals surface area contributed by atoms with Crippen molar-refractivity contribution in [1.82, 2.24) is 5.32 Å². The molecule has 1 N–H and O–H groups in total. The SMILES string of the molecule is CCCC(NCC)c1c(C)c(C)c(C)c(C)c1C. The summed E-state index contributed by atoms with van der Waals surface area (Å²) in [6, 6.07) is 0.512. The number of benzene rings is 1. The largest absolute Gasteiger partial charge is 0.310 e. The van der Waals surface area contributed by atoms with Crippen LogP contribution in [0.1, 0.15) is 66.1 Å². The second-order valence-corrected chi connectivity index (χ2v) is 5.44. The molecule has 0 fully saturated rings. The van der Waals surface area contributed by atoms with Crippen molar-refractivity contribution in [2.75, 3.05) is 6.54 Å². The van der Waals surface area contributed by atoms with Gasteiger partial charge in [0, 0.05) is 6.04 Å². The first kappa shape index (κ1) is 15.2. The van der Waals surface area contributed by atoms with Gasteiger partial charge in [0.2, 0.25) is 0 Å². The van der Waals surface area contributed by atoms with Gasteiger partial charge in [0.15, 0.2) is 0 Å². The van der Waals surface area contributed by atoms with Crippen LogP contribution in [-0.2, 0) is 0 Å². The first-order chi connectivity index (χ1) is 8.45. The minimum atomic E-state index is 0.512. The maximum atomic E-state index is 3.66. The molecule has 0 aliphatic rings. The molecule has 1 atom stereocenters. The Morgan fingerprint density at radius 1 is 0.778 bits per heavy atom. The quantitative estimate of drug-likeness (QED) is 0.796. The highest BCUT2D eigenvalue weighted by Crippen LogP contribution is 2.32. The molecule has 0 bridgehead atoms. The molecule has 1 heteroatoms. The predicted molar refractivity (Wildman–Crippen MR) is 81.5 cm³/mol. The Morgan fingerprint density at radius 2 is 1.22 bits per heavy atom. The second-order valence-electron chi connectivity index (χ2n) is 5.44. The molecule has 0 saturated heterocycles. The van der Waals surface area contributed by atoms with Crippen molar-refractivity contribution in [3.63, 3.8) is 0 Å². The molecule has 0 amide bonds. The van der Waals surface area contributed by atoms with Crippen molar-refractivity contribution in [3.05, 3.63) is 33.4 Å². The summed E-state index contributed by atoms with van der Waals surface area (Å²) in [5.74, 6) is 0. The normalized spacial score (nSPS) is 12.8. The maximum absolute atomic E-state index is 3.66. The summed E-state index contributed by atoms with van der Waals surface area (Å²) in [6.45, 7) is 16.8. The zero-order chi connectivity index (χ0) is 13.9. The molecule has 0 radical (unpaired) electrons. The fraction of sp³-hybridized carbons (Fsp3) is 0.647. The van der Waals surface area contributed by atoms with Gasteiger partial charge in [-0.2, -0.15) is 0 Å². The molecule has 18 heavy (non-hydrogen) atoms. The number of rotatable bonds is 5. The Morgan fingerprint density at radius 3 is 1.61 bits per heavy atom. The fourth-order valence-electron chi connectivity index (χ4n) is 2.94. The van der Waals surface area contributed by atoms with Crippen molar-refractivity contribution < 1.29 is 0 Å². The standard InChI is InChI=1S/C17H29N/c1-8-10-16(18-9-2)17-14(6)12(4)11(3)13(5)15(17)7/h16,18H,8-10H2,1-7H3. The van der Waals surface area contributed by atoms with Crippen molar-refractivity contribution in [2.45, 2.75) is 67.3 Å². The van der Waals surface area contributed by atoms with E-state index < -0.39 is 0 Å². The average molecular weight is 247 g/mol. The van der Waals surface area contributed by atoms with Crippen LogP contribution >= 0.6 is 0 Å². The third-order valence-electron chi connectivity index (χ3n) is 4.43. The molecule has 1 unspecified atom stereocenters. The molecule has 0 heterocycles. The Balaban J connectivity index is 3.37. The summed E-state index contributed by atoms with van der Waals surface area (Å²) >= 11 is 0. The lowest BCUT2D eigenvalue weighted by atomic mass is 9.85. The van der Waals surface area contributed by atoms with E-state index in [1.165, 1.54) is 40.7 Å². The minimum Gasteiger partial charge on any atom is -0.310 e. The molecule has 1 aromatic carbocycles. The van der Waals surface area contributed by atoms with Crippen LogP contribution in [0.25, 0.3) is 0 Å². The number of nitrogens with one attached hydrogen (secondary N) is 1. The van der Waals surface area contributed by atoms with Crippen molar-refractivity contribution >= 4 is 0 Å². The maximum Gasteiger partial charge on any atom is 0.0325 e. The third kappa shape index (κ3) is 2.77. The van der Waals surface area contributed by atoms with Crippen LogP contribution < -0.4 is 5.32 Å². The Labute approximate surface area is 113 Å². The average Bonchev–Trinajstić information content (AvgIpc) is 2.35. The molecule has 1 aromatic rings. The first-order valence-corrected chi connectivity index (χ1v) is 7.25. The molecule has 1 rings (SSSR count). The summed E-state index contributed by atoms with van der Waals surface area (Å²) in [5.41, 5.74) is 8.89. The molecule has 102 valence electrons. The van der Waals surface area contributed by atoms with E-state index in [4.69, 9.17) is 0 Å². The van der Waals surface area contributed by atoms with Crippen molar-refractivity contribution in [1.29, 1.82) is 0 Å². The van der Waals surface area contributed by atoms with E-state index >= 15 is 0 Å². The van der Waals surface area contributed by atoms with Gasteiger partial charge in [-0.15, -0.1) is 0 Å². The van der Waals surface area contributed by atoms with E-state index in [9.17, 15) is 0 Å². The van der Waals surface area contributed by atoms with Crippen LogP contribution in [0.3, 0.4) is 0 Å². The van der Waals surface area contributed by atoms with Gasteiger partial charge in [-0.1, -0.05) is 20.3 Å². The topological polar surface area (TPSA) is 12.0 Å². The van der Waals surface area contributed by atoms with Gasteiger partial charge >= 0.3 is 0 Å². The smallest absolute Gasteiger partial charge is 0.0325 e. The lowest BCUT2D eigenvalue weighted by molar-refractivity contribution is 0.504. The summed E-state index contributed by atoms with van der Waals surface area (Å²) < 4.78 is 0.